The highest BCUT2D eigenvalue weighted by atomic mass is 127. The van der Waals surface area contributed by atoms with Crippen molar-refractivity contribution >= 4 is 29.9 Å². The number of aliphatic hydroxyl groups is 1. The van der Waals surface area contributed by atoms with Gasteiger partial charge in [-0.2, -0.15) is 0 Å². The molecule has 2 N–H and O–H groups in total. The van der Waals surface area contributed by atoms with Crippen LogP contribution in [0.4, 0.5) is 4.39 Å². The maximum Gasteiger partial charge on any atom is 0.194 e. The van der Waals surface area contributed by atoms with Crippen LogP contribution in [0.1, 0.15) is 37.9 Å². The molecule has 2 rings (SSSR count). The van der Waals surface area contributed by atoms with Crippen LogP contribution in [0, 0.1) is 5.82 Å². The predicted molar refractivity (Wildman–Crippen MR) is 120 cm³/mol. The van der Waals surface area contributed by atoms with Crippen LogP contribution in [-0.2, 0) is 9.47 Å². The average Bonchev–Trinajstić information content (AvgIpc) is 2.69. The Kier molecular flexibility index (Phi) is 12.6. The molecule has 8 heteroatoms. The summed E-state index contributed by atoms with van der Waals surface area (Å²) in [5, 5.41) is 13.5. The van der Waals surface area contributed by atoms with Crippen LogP contribution in [0.25, 0.3) is 0 Å². The van der Waals surface area contributed by atoms with Crippen molar-refractivity contribution < 1.29 is 19.0 Å². The number of nitrogens with one attached hydrogen (secondary N) is 1. The molecular formula is C20H33FIN3O3. The van der Waals surface area contributed by atoms with Crippen molar-refractivity contribution in [3.05, 3.63) is 35.6 Å². The lowest BCUT2D eigenvalue weighted by Crippen LogP contribution is -2.47. The van der Waals surface area contributed by atoms with Crippen LogP contribution < -0.4 is 5.32 Å². The van der Waals surface area contributed by atoms with Crippen molar-refractivity contribution in [2.24, 2.45) is 4.99 Å². The molecule has 1 heterocycles. The first-order chi connectivity index (χ1) is 13.2. The quantitative estimate of drug-likeness (QED) is 0.232. The third-order valence-corrected chi connectivity index (χ3v) is 4.60. The minimum absolute atomic E-state index is 0. The van der Waals surface area contributed by atoms with E-state index in [1.807, 2.05) is 6.92 Å². The Morgan fingerprint density at radius 3 is 2.68 bits per heavy atom. The van der Waals surface area contributed by atoms with Gasteiger partial charge in [0.2, 0.25) is 0 Å². The van der Waals surface area contributed by atoms with Crippen molar-refractivity contribution in [1.29, 1.82) is 0 Å². The molecule has 0 radical (unpaired) electrons. The van der Waals surface area contributed by atoms with E-state index >= 15 is 0 Å². The number of hydrogen-bond acceptors (Lipinski definition) is 4. The number of nitrogens with zero attached hydrogens (tertiary/aromatic N) is 2. The number of aliphatic hydroxyl groups excluding tert-OH is 1. The van der Waals surface area contributed by atoms with Crippen LogP contribution >= 0.6 is 24.0 Å². The standard InChI is InChI=1S/C20H32FN3O3.HI/c1-3-22-20(23-15-19(25)17-7-4-5-8-18(17)21)24-11-9-16(10-12-24)27-14-6-13-26-2;/h4-5,7-8,16,19,25H,3,6,9-15H2,1-2H3,(H,22,23);1H. The summed E-state index contributed by atoms with van der Waals surface area (Å²) in [4.78, 5) is 6.70. The van der Waals surface area contributed by atoms with Gasteiger partial charge in [0.25, 0.3) is 0 Å². The number of methoxy groups -OCH3 is 1. The third kappa shape index (κ3) is 8.18. The minimum atomic E-state index is -0.957. The third-order valence-electron chi connectivity index (χ3n) is 4.60. The summed E-state index contributed by atoms with van der Waals surface area (Å²) in [7, 11) is 1.70. The second-order valence-electron chi connectivity index (χ2n) is 6.64. The van der Waals surface area contributed by atoms with Gasteiger partial charge in [0, 0.05) is 45.5 Å². The lowest BCUT2D eigenvalue weighted by atomic mass is 10.1. The van der Waals surface area contributed by atoms with E-state index in [-0.39, 0.29) is 42.2 Å². The molecule has 0 saturated carbocycles. The molecule has 1 aliphatic rings. The number of likely N-dealkylation sites (tertiary alicyclic amines) is 1. The minimum Gasteiger partial charge on any atom is -0.386 e. The topological polar surface area (TPSA) is 66.3 Å². The van der Waals surface area contributed by atoms with E-state index in [9.17, 15) is 9.50 Å². The SMILES string of the molecule is CCNC(=NCC(O)c1ccccc1F)N1CCC(OCCCOC)CC1.I. The van der Waals surface area contributed by atoms with Crippen molar-refractivity contribution in [3.63, 3.8) is 0 Å². The van der Waals surface area contributed by atoms with E-state index in [0.717, 1.165) is 58.1 Å². The van der Waals surface area contributed by atoms with Gasteiger partial charge in [-0.15, -0.1) is 24.0 Å². The van der Waals surface area contributed by atoms with Crippen LogP contribution in [-0.4, -0.2) is 68.6 Å². The first-order valence-corrected chi connectivity index (χ1v) is 9.72. The van der Waals surface area contributed by atoms with Gasteiger partial charge < -0.3 is 24.8 Å². The number of rotatable bonds is 9. The molecule has 0 aromatic heterocycles. The molecule has 1 unspecified atom stereocenters. The predicted octanol–water partition coefficient (Wildman–Crippen LogP) is 2.96. The summed E-state index contributed by atoms with van der Waals surface area (Å²) in [6, 6.07) is 6.27. The zero-order chi connectivity index (χ0) is 19.5. The molecule has 0 aliphatic carbocycles. The van der Waals surface area contributed by atoms with Gasteiger partial charge in [-0.05, 0) is 32.3 Å². The van der Waals surface area contributed by atoms with E-state index in [4.69, 9.17) is 9.47 Å². The highest BCUT2D eigenvalue weighted by Crippen LogP contribution is 2.18. The Labute approximate surface area is 184 Å². The monoisotopic (exact) mass is 509 g/mol. The molecule has 6 nitrogen and oxygen atoms in total. The largest absolute Gasteiger partial charge is 0.386 e. The lowest BCUT2D eigenvalue weighted by molar-refractivity contribution is 0.00986. The average molecular weight is 509 g/mol. The fraction of sp³-hybridized carbons (Fsp3) is 0.650. The molecule has 160 valence electrons. The number of aliphatic imine (C=N–C) groups is 1. The maximum atomic E-state index is 13.8. The molecule has 0 amide bonds. The second-order valence-corrected chi connectivity index (χ2v) is 6.64. The highest BCUT2D eigenvalue weighted by molar-refractivity contribution is 14.0. The Morgan fingerprint density at radius 2 is 2.04 bits per heavy atom. The molecule has 0 bridgehead atoms. The van der Waals surface area contributed by atoms with E-state index in [1.165, 1.54) is 6.07 Å². The molecule has 0 spiro atoms. The molecule has 1 saturated heterocycles. The second kappa shape index (κ2) is 14.1. The molecule has 1 atom stereocenters. The summed E-state index contributed by atoms with van der Waals surface area (Å²) < 4.78 is 24.7. The van der Waals surface area contributed by atoms with Crippen LogP contribution in [0.5, 0.6) is 0 Å². The zero-order valence-electron chi connectivity index (χ0n) is 16.8. The normalized spacial score (nSPS) is 16.6. The Bertz CT molecular complexity index is 584. The van der Waals surface area contributed by atoms with Gasteiger partial charge in [0.1, 0.15) is 11.9 Å². The summed E-state index contributed by atoms with van der Waals surface area (Å²) in [6.45, 7) is 6.00. The first kappa shape index (κ1) is 25.1. The molecule has 1 aromatic carbocycles. The summed E-state index contributed by atoms with van der Waals surface area (Å²) in [5.74, 6) is 0.349. The van der Waals surface area contributed by atoms with Gasteiger partial charge in [-0.25, -0.2) is 4.39 Å². The van der Waals surface area contributed by atoms with Crippen molar-refractivity contribution in [2.75, 3.05) is 46.5 Å². The number of piperidine rings is 1. The highest BCUT2D eigenvalue weighted by Gasteiger charge is 2.22. The first-order valence-electron chi connectivity index (χ1n) is 9.72. The van der Waals surface area contributed by atoms with Crippen LogP contribution in [0.15, 0.2) is 29.3 Å². The van der Waals surface area contributed by atoms with Crippen molar-refractivity contribution in [2.45, 2.75) is 38.4 Å². The van der Waals surface area contributed by atoms with Gasteiger partial charge in [-0.3, -0.25) is 4.99 Å². The number of hydrogen-bond donors (Lipinski definition) is 2. The van der Waals surface area contributed by atoms with Gasteiger partial charge in [0.05, 0.1) is 12.6 Å². The van der Waals surface area contributed by atoms with Crippen molar-refractivity contribution in [3.8, 4) is 0 Å². The summed E-state index contributed by atoms with van der Waals surface area (Å²) >= 11 is 0. The number of guanidine groups is 1. The molecule has 1 fully saturated rings. The Balaban J connectivity index is 0.00000392. The Hall–Kier alpha value is -0.970. The maximum absolute atomic E-state index is 13.8. The summed E-state index contributed by atoms with van der Waals surface area (Å²) in [6.07, 6.45) is 2.10. The fourth-order valence-electron chi connectivity index (χ4n) is 3.13. The smallest absolute Gasteiger partial charge is 0.194 e. The summed E-state index contributed by atoms with van der Waals surface area (Å²) in [5.41, 5.74) is 0.278. The van der Waals surface area contributed by atoms with Crippen LogP contribution in [0.2, 0.25) is 0 Å². The van der Waals surface area contributed by atoms with Gasteiger partial charge >= 0.3 is 0 Å². The molecule has 28 heavy (non-hydrogen) atoms. The fourth-order valence-corrected chi connectivity index (χ4v) is 3.13. The van der Waals surface area contributed by atoms with Gasteiger partial charge in [0.15, 0.2) is 5.96 Å². The molecule has 1 aliphatic heterocycles. The van der Waals surface area contributed by atoms with Crippen LogP contribution in [0.3, 0.4) is 0 Å². The van der Waals surface area contributed by atoms with E-state index < -0.39 is 11.9 Å². The van der Waals surface area contributed by atoms with E-state index in [1.54, 1.807) is 25.3 Å². The van der Waals surface area contributed by atoms with E-state index in [0.29, 0.717) is 0 Å². The van der Waals surface area contributed by atoms with E-state index in [2.05, 4.69) is 15.2 Å². The molecular weight excluding hydrogens is 476 g/mol. The molecule has 1 aromatic rings. The number of ether oxygens (including phenoxy) is 2. The number of halogens is 2. The Morgan fingerprint density at radius 1 is 1.32 bits per heavy atom. The van der Waals surface area contributed by atoms with Gasteiger partial charge in [-0.1, -0.05) is 18.2 Å². The van der Waals surface area contributed by atoms with Crippen molar-refractivity contribution in [1.82, 2.24) is 10.2 Å². The number of benzene rings is 1. The lowest BCUT2D eigenvalue weighted by Gasteiger charge is -2.34. The zero-order valence-corrected chi connectivity index (χ0v) is 19.1.